The van der Waals surface area contributed by atoms with Crippen LogP contribution in [0.3, 0.4) is 0 Å². The third kappa shape index (κ3) is 3.68. The van der Waals surface area contributed by atoms with Crippen LogP contribution in [-0.2, 0) is 9.59 Å². The van der Waals surface area contributed by atoms with Crippen molar-refractivity contribution in [2.45, 2.75) is 31.8 Å². The Kier molecular flexibility index (Phi) is 4.71. The van der Waals surface area contributed by atoms with Crippen LogP contribution >= 0.6 is 11.3 Å². The van der Waals surface area contributed by atoms with Crippen molar-refractivity contribution in [3.63, 3.8) is 0 Å². The predicted octanol–water partition coefficient (Wildman–Crippen LogP) is 1.35. The van der Waals surface area contributed by atoms with Gasteiger partial charge in [0.25, 0.3) is 5.91 Å². The molecule has 28 heavy (non-hydrogen) atoms. The van der Waals surface area contributed by atoms with Gasteiger partial charge in [0.15, 0.2) is 5.13 Å². The molecular formula is C18H20N6O3S. The number of aromatic nitrogens is 2. The lowest BCUT2D eigenvalue weighted by atomic mass is 9.97. The minimum atomic E-state index is -0.744. The fourth-order valence-corrected chi connectivity index (χ4v) is 4.13. The normalized spacial score (nSPS) is 21.5. The van der Waals surface area contributed by atoms with Gasteiger partial charge in [-0.1, -0.05) is 0 Å². The number of fused-ring (bicyclic) bond motifs is 1. The number of carbonyl (C=O) groups excluding carboxylic acids is 3. The molecule has 0 aromatic carbocycles. The van der Waals surface area contributed by atoms with Gasteiger partial charge in [0.2, 0.25) is 11.8 Å². The van der Waals surface area contributed by atoms with Crippen LogP contribution in [0, 0.1) is 6.92 Å². The van der Waals surface area contributed by atoms with E-state index in [1.807, 2.05) is 6.92 Å². The molecule has 2 aliphatic heterocycles. The van der Waals surface area contributed by atoms with Crippen molar-refractivity contribution in [3.05, 3.63) is 35.0 Å². The van der Waals surface area contributed by atoms with Gasteiger partial charge in [-0.15, -0.1) is 11.3 Å². The Hall–Kier alpha value is -3.01. The molecule has 3 amide bonds. The fourth-order valence-electron chi connectivity index (χ4n) is 3.45. The summed E-state index contributed by atoms with van der Waals surface area (Å²) < 4.78 is 0. The van der Waals surface area contributed by atoms with Crippen LogP contribution in [0.25, 0.3) is 0 Å². The van der Waals surface area contributed by atoms with Gasteiger partial charge in [-0.05, 0) is 25.5 Å². The molecule has 1 spiro atoms. The zero-order valence-electron chi connectivity index (χ0n) is 15.3. The van der Waals surface area contributed by atoms with E-state index in [-0.39, 0.29) is 30.7 Å². The first-order valence-electron chi connectivity index (χ1n) is 9.00. The van der Waals surface area contributed by atoms with Gasteiger partial charge in [-0.25, -0.2) is 9.97 Å². The summed E-state index contributed by atoms with van der Waals surface area (Å²) in [7, 11) is 0. The fraction of sp³-hybridized carbons (Fsp3) is 0.389. The number of thiazole rings is 1. The van der Waals surface area contributed by atoms with E-state index in [4.69, 9.17) is 0 Å². The third-order valence-corrected chi connectivity index (χ3v) is 5.72. The molecule has 0 aliphatic carbocycles. The predicted molar refractivity (Wildman–Crippen MR) is 104 cm³/mol. The van der Waals surface area contributed by atoms with Crippen LogP contribution < -0.4 is 16.0 Å². The number of rotatable bonds is 3. The van der Waals surface area contributed by atoms with Gasteiger partial charge in [-0.2, -0.15) is 0 Å². The van der Waals surface area contributed by atoms with Crippen molar-refractivity contribution in [1.82, 2.24) is 20.2 Å². The standard InChI is InChI=1S/C18H20N6O3S/c1-11-9-20-17(28-11)21-13(25)10-24-8-6-18(5-4-14(24)26)22-15-12(16(27)23-18)3-2-7-19-15/h2-3,7,9H,4-6,8,10H2,1H3,(H,19,22)(H,23,27)(H,20,21,25). The number of aryl methyl sites for hydroxylation is 1. The Morgan fingerprint density at radius 3 is 2.96 bits per heavy atom. The van der Waals surface area contributed by atoms with E-state index in [1.165, 1.54) is 16.2 Å². The first-order chi connectivity index (χ1) is 13.4. The van der Waals surface area contributed by atoms with Gasteiger partial charge in [-0.3, -0.25) is 14.4 Å². The van der Waals surface area contributed by atoms with Crippen LogP contribution in [0.15, 0.2) is 24.5 Å². The molecule has 4 rings (SSSR count). The maximum absolute atomic E-state index is 12.5. The second-order valence-electron chi connectivity index (χ2n) is 6.95. The van der Waals surface area contributed by atoms with Crippen molar-refractivity contribution < 1.29 is 14.4 Å². The van der Waals surface area contributed by atoms with E-state index in [2.05, 4.69) is 25.9 Å². The molecule has 2 aliphatic rings. The molecule has 146 valence electrons. The molecule has 1 saturated heterocycles. The largest absolute Gasteiger partial charge is 0.347 e. The Labute approximate surface area is 165 Å². The highest BCUT2D eigenvalue weighted by Crippen LogP contribution is 2.30. The number of likely N-dealkylation sites (tertiary alicyclic amines) is 1. The van der Waals surface area contributed by atoms with Crippen molar-refractivity contribution in [3.8, 4) is 0 Å². The molecule has 3 N–H and O–H groups in total. The van der Waals surface area contributed by atoms with Crippen molar-refractivity contribution in [2.75, 3.05) is 23.7 Å². The molecular weight excluding hydrogens is 380 g/mol. The molecule has 0 bridgehead atoms. The Morgan fingerprint density at radius 1 is 1.32 bits per heavy atom. The lowest BCUT2D eigenvalue weighted by molar-refractivity contribution is -0.134. The molecule has 10 heteroatoms. The third-order valence-electron chi connectivity index (χ3n) is 4.89. The summed E-state index contributed by atoms with van der Waals surface area (Å²) in [5.74, 6) is -0.0971. The van der Waals surface area contributed by atoms with Crippen LogP contribution in [0.2, 0.25) is 0 Å². The van der Waals surface area contributed by atoms with Gasteiger partial charge in [0.1, 0.15) is 11.5 Å². The van der Waals surface area contributed by atoms with Crippen molar-refractivity contribution in [1.29, 1.82) is 0 Å². The van der Waals surface area contributed by atoms with Crippen LogP contribution in [0.1, 0.15) is 34.5 Å². The summed E-state index contributed by atoms with van der Waals surface area (Å²) in [6.45, 7) is 2.21. The Morgan fingerprint density at radius 2 is 2.18 bits per heavy atom. The first kappa shape index (κ1) is 18.4. The molecule has 9 nitrogen and oxygen atoms in total. The molecule has 0 radical (unpaired) electrons. The van der Waals surface area contributed by atoms with E-state index >= 15 is 0 Å². The van der Waals surface area contributed by atoms with Gasteiger partial charge >= 0.3 is 0 Å². The summed E-state index contributed by atoms with van der Waals surface area (Å²) in [4.78, 5) is 48.2. The van der Waals surface area contributed by atoms with Gasteiger partial charge in [0, 0.05) is 36.7 Å². The number of anilines is 2. The zero-order valence-corrected chi connectivity index (χ0v) is 16.1. The number of pyridine rings is 1. The van der Waals surface area contributed by atoms with E-state index in [9.17, 15) is 14.4 Å². The van der Waals surface area contributed by atoms with Crippen molar-refractivity contribution in [2.24, 2.45) is 0 Å². The first-order valence-corrected chi connectivity index (χ1v) is 9.82. The highest BCUT2D eigenvalue weighted by molar-refractivity contribution is 7.15. The number of hydrogen-bond acceptors (Lipinski definition) is 7. The molecule has 0 saturated carbocycles. The minimum absolute atomic E-state index is 0.0453. The summed E-state index contributed by atoms with van der Waals surface area (Å²) in [5, 5.41) is 9.52. The van der Waals surface area contributed by atoms with E-state index < -0.39 is 5.66 Å². The van der Waals surface area contributed by atoms with Crippen LogP contribution in [-0.4, -0.2) is 51.3 Å². The van der Waals surface area contributed by atoms with Crippen LogP contribution in [0.4, 0.5) is 10.9 Å². The highest BCUT2D eigenvalue weighted by Gasteiger charge is 2.41. The smallest absolute Gasteiger partial charge is 0.256 e. The zero-order chi connectivity index (χ0) is 19.7. The van der Waals surface area contributed by atoms with Gasteiger partial charge < -0.3 is 20.9 Å². The Bertz CT molecular complexity index is 945. The number of carbonyl (C=O) groups is 3. The molecule has 1 unspecified atom stereocenters. The van der Waals surface area contributed by atoms with Crippen LogP contribution in [0.5, 0.6) is 0 Å². The second-order valence-corrected chi connectivity index (χ2v) is 8.19. The SMILES string of the molecule is Cc1cnc(NC(=O)CN2CCC3(CCC2=O)NC(=O)c2cccnc2N3)s1. The quantitative estimate of drug-likeness (QED) is 0.716. The molecule has 1 atom stereocenters. The van der Waals surface area contributed by atoms with E-state index in [1.54, 1.807) is 24.5 Å². The number of nitrogens with zero attached hydrogens (tertiary/aromatic N) is 3. The van der Waals surface area contributed by atoms with Gasteiger partial charge in [0.05, 0.1) is 12.1 Å². The summed E-state index contributed by atoms with van der Waals surface area (Å²) >= 11 is 1.38. The minimum Gasteiger partial charge on any atom is -0.347 e. The lowest BCUT2D eigenvalue weighted by Gasteiger charge is -2.39. The maximum atomic E-state index is 12.5. The topological polar surface area (TPSA) is 116 Å². The average molecular weight is 400 g/mol. The number of nitrogens with one attached hydrogen (secondary N) is 3. The highest BCUT2D eigenvalue weighted by atomic mass is 32.1. The lowest BCUT2D eigenvalue weighted by Crippen LogP contribution is -2.58. The molecule has 1 fully saturated rings. The number of hydrogen-bond donors (Lipinski definition) is 3. The summed E-state index contributed by atoms with van der Waals surface area (Å²) in [6.07, 6.45) is 4.43. The second kappa shape index (κ2) is 7.19. The number of amides is 3. The molecule has 2 aromatic heterocycles. The average Bonchev–Trinajstić information content (AvgIpc) is 3.01. The summed E-state index contributed by atoms with van der Waals surface area (Å²) in [6, 6.07) is 3.41. The van der Waals surface area contributed by atoms with Crippen molar-refractivity contribution >= 4 is 40.0 Å². The monoisotopic (exact) mass is 400 g/mol. The molecule has 2 aromatic rings. The molecule has 4 heterocycles. The van der Waals surface area contributed by atoms with E-state index in [0.29, 0.717) is 35.9 Å². The maximum Gasteiger partial charge on any atom is 0.256 e. The van der Waals surface area contributed by atoms with E-state index in [0.717, 1.165) is 4.88 Å². The summed E-state index contributed by atoms with van der Waals surface area (Å²) in [5.41, 5.74) is -0.259. The Balaban J connectivity index is 1.43.